The van der Waals surface area contributed by atoms with Crippen LogP contribution in [0.3, 0.4) is 0 Å². The molecule has 0 unspecified atom stereocenters. The molecule has 0 saturated carbocycles. The fourth-order valence-corrected chi connectivity index (χ4v) is 3.59. The molecular weight excluding hydrogens is 339 g/mol. The van der Waals surface area contributed by atoms with E-state index in [2.05, 4.69) is 9.88 Å². The van der Waals surface area contributed by atoms with Gasteiger partial charge in [0, 0.05) is 45.5 Å². The van der Waals surface area contributed by atoms with E-state index < -0.39 is 5.82 Å². The number of likely N-dealkylation sites (tertiary alicyclic amines) is 1. The zero-order valence-corrected chi connectivity index (χ0v) is 15.5. The maximum atomic E-state index is 13.2. The number of amides is 2. The smallest absolute Gasteiger partial charge is 0.270 e. The highest BCUT2D eigenvalue weighted by Gasteiger charge is 2.41. The van der Waals surface area contributed by atoms with Crippen molar-refractivity contribution in [3.8, 4) is 0 Å². The van der Waals surface area contributed by atoms with Crippen LogP contribution in [0.5, 0.6) is 0 Å². The summed E-state index contributed by atoms with van der Waals surface area (Å²) in [5, 5.41) is 0. The molecule has 0 aromatic carbocycles. The number of carbonyl (C=O) groups excluding carboxylic acids is 2. The Morgan fingerprint density at radius 1 is 1.35 bits per heavy atom. The minimum Gasteiger partial charge on any atom is -0.371 e. The highest BCUT2D eigenvalue weighted by molar-refractivity contribution is 5.92. The van der Waals surface area contributed by atoms with Gasteiger partial charge in [0.2, 0.25) is 5.91 Å². The van der Waals surface area contributed by atoms with Crippen LogP contribution in [0.4, 0.5) is 4.39 Å². The lowest BCUT2D eigenvalue weighted by molar-refractivity contribution is -0.139. The molecule has 26 heavy (non-hydrogen) atoms. The summed E-state index contributed by atoms with van der Waals surface area (Å²) >= 11 is 0. The van der Waals surface area contributed by atoms with Crippen LogP contribution in [-0.4, -0.2) is 90.0 Å². The monoisotopic (exact) mass is 366 g/mol. The Bertz CT molecular complexity index is 655. The van der Waals surface area contributed by atoms with Crippen LogP contribution >= 0.6 is 0 Å². The quantitative estimate of drug-likeness (QED) is 0.861. The minimum atomic E-state index is -0.439. The van der Waals surface area contributed by atoms with Gasteiger partial charge in [-0.25, -0.2) is 4.39 Å². The van der Waals surface area contributed by atoms with Gasteiger partial charge in [0.1, 0.15) is 11.5 Å². The number of hydrogen-bond donors (Lipinski definition) is 1. The van der Waals surface area contributed by atoms with E-state index in [1.807, 2.05) is 14.0 Å². The predicted octanol–water partition coefficient (Wildman–Crippen LogP) is 0.939. The number of carbonyl (C=O) groups is 2. The van der Waals surface area contributed by atoms with Crippen LogP contribution in [0, 0.1) is 5.82 Å². The second kappa shape index (κ2) is 7.75. The van der Waals surface area contributed by atoms with E-state index in [0.717, 1.165) is 25.9 Å². The van der Waals surface area contributed by atoms with Crippen molar-refractivity contribution in [2.45, 2.75) is 25.4 Å². The zero-order valence-electron chi connectivity index (χ0n) is 15.5. The molecule has 2 aliphatic rings. The number of halogens is 1. The molecule has 7 nitrogen and oxygen atoms in total. The van der Waals surface area contributed by atoms with Crippen molar-refractivity contribution >= 4 is 11.8 Å². The molecule has 2 fully saturated rings. The first-order valence-electron chi connectivity index (χ1n) is 9.16. The van der Waals surface area contributed by atoms with Crippen molar-refractivity contribution in [3.05, 3.63) is 23.8 Å². The van der Waals surface area contributed by atoms with Crippen molar-refractivity contribution in [3.63, 3.8) is 0 Å². The normalized spacial score (nSPS) is 20.3. The first-order valence-corrected chi connectivity index (χ1v) is 9.16. The van der Waals surface area contributed by atoms with Gasteiger partial charge in [-0.2, -0.15) is 0 Å². The molecule has 0 bridgehead atoms. The van der Waals surface area contributed by atoms with Gasteiger partial charge in [-0.3, -0.25) is 14.5 Å². The summed E-state index contributed by atoms with van der Waals surface area (Å²) in [7, 11) is 1.81. The van der Waals surface area contributed by atoms with Crippen molar-refractivity contribution in [1.82, 2.24) is 19.7 Å². The Kier molecular flexibility index (Phi) is 5.62. The van der Waals surface area contributed by atoms with E-state index in [9.17, 15) is 14.0 Å². The number of ether oxygens (including phenoxy) is 1. The number of nitrogens with zero attached hydrogens (tertiary/aromatic N) is 3. The maximum absolute atomic E-state index is 13.2. The first kappa shape index (κ1) is 18.8. The van der Waals surface area contributed by atoms with Crippen molar-refractivity contribution in [1.29, 1.82) is 0 Å². The fourth-order valence-electron chi connectivity index (χ4n) is 3.59. The molecule has 3 heterocycles. The van der Waals surface area contributed by atoms with Crippen LogP contribution in [0.25, 0.3) is 0 Å². The summed E-state index contributed by atoms with van der Waals surface area (Å²) < 4.78 is 19.2. The number of likely N-dealkylation sites (N-methyl/N-ethyl adjacent to an activating group) is 1. The van der Waals surface area contributed by atoms with Gasteiger partial charge in [0.15, 0.2) is 0 Å². The summed E-state index contributed by atoms with van der Waals surface area (Å²) in [6, 6.07) is 1.23. The number of aromatic nitrogens is 1. The van der Waals surface area contributed by atoms with Crippen molar-refractivity contribution in [2.75, 3.05) is 52.9 Å². The summed E-state index contributed by atoms with van der Waals surface area (Å²) in [6.07, 6.45) is 2.74. The van der Waals surface area contributed by atoms with Gasteiger partial charge < -0.3 is 19.5 Å². The summed E-state index contributed by atoms with van der Waals surface area (Å²) in [5.41, 5.74) is -0.0971. The Balaban J connectivity index is 1.56. The molecule has 1 N–H and O–H groups in total. The van der Waals surface area contributed by atoms with Crippen molar-refractivity contribution in [2.24, 2.45) is 0 Å². The van der Waals surface area contributed by atoms with Gasteiger partial charge in [-0.1, -0.05) is 0 Å². The predicted molar refractivity (Wildman–Crippen MR) is 94.3 cm³/mol. The van der Waals surface area contributed by atoms with Gasteiger partial charge in [-0.05, 0) is 19.8 Å². The largest absolute Gasteiger partial charge is 0.371 e. The average molecular weight is 366 g/mol. The van der Waals surface area contributed by atoms with E-state index in [-0.39, 0.29) is 23.1 Å². The number of piperidine rings is 1. The van der Waals surface area contributed by atoms with Crippen LogP contribution in [-0.2, 0) is 9.53 Å². The SMILES string of the molecule is CCN(C)C(=O)CN1CCC2(CC1)CN(C(=O)c1cc(F)c[nH]1)CCO2. The molecule has 1 aromatic rings. The van der Waals surface area contributed by atoms with Crippen LogP contribution in [0.2, 0.25) is 0 Å². The standard InChI is InChI=1S/C18H27FN4O3/c1-3-21(2)16(24)12-22-6-4-18(5-7-22)13-23(8-9-26-18)17(25)15-10-14(19)11-20-15/h10-11,20H,3-9,12-13H2,1-2H3. The summed E-state index contributed by atoms with van der Waals surface area (Å²) in [5.74, 6) is -0.510. The lowest BCUT2D eigenvalue weighted by atomic mass is 9.89. The van der Waals surface area contributed by atoms with Crippen molar-refractivity contribution < 1.29 is 18.7 Å². The Hall–Kier alpha value is -1.93. The highest BCUT2D eigenvalue weighted by Crippen LogP contribution is 2.30. The van der Waals surface area contributed by atoms with Gasteiger partial charge >= 0.3 is 0 Å². The summed E-state index contributed by atoms with van der Waals surface area (Å²) in [4.78, 5) is 32.9. The molecule has 3 rings (SSSR count). The van der Waals surface area contributed by atoms with E-state index in [1.54, 1.807) is 9.80 Å². The average Bonchev–Trinajstić information content (AvgIpc) is 3.09. The highest BCUT2D eigenvalue weighted by atomic mass is 19.1. The second-order valence-corrected chi connectivity index (χ2v) is 7.17. The Morgan fingerprint density at radius 3 is 2.69 bits per heavy atom. The lowest BCUT2D eigenvalue weighted by Crippen LogP contribution is -2.58. The molecule has 1 spiro atoms. The number of rotatable bonds is 4. The van der Waals surface area contributed by atoms with E-state index in [1.165, 1.54) is 12.3 Å². The van der Waals surface area contributed by atoms with Gasteiger partial charge in [-0.15, -0.1) is 0 Å². The van der Waals surface area contributed by atoms with Gasteiger partial charge in [0.05, 0.1) is 25.3 Å². The number of morpholine rings is 1. The minimum absolute atomic E-state index is 0.124. The number of aromatic amines is 1. The molecular formula is C18H27FN4O3. The number of nitrogens with one attached hydrogen (secondary N) is 1. The third-order valence-corrected chi connectivity index (χ3v) is 5.44. The van der Waals surface area contributed by atoms with Crippen LogP contribution < -0.4 is 0 Å². The third kappa shape index (κ3) is 4.07. The molecule has 0 aliphatic carbocycles. The molecule has 2 amide bonds. The zero-order chi connectivity index (χ0) is 18.7. The fraction of sp³-hybridized carbons (Fsp3) is 0.667. The number of hydrogen-bond acceptors (Lipinski definition) is 4. The molecule has 0 radical (unpaired) electrons. The molecule has 2 aliphatic heterocycles. The second-order valence-electron chi connectivity index (χ2n) is 7.17. The Labute approximate surface area is 153 Å². The molecule has 2 saturated heterocycles. The molecule has 1 aromatic heterocycles. The Morgan fingerprint density at radius 2 is 2.08 bits per heavy atom. The summed E-state index contributed by atoms with van der Waals surface area (Å²) in [6.45, 7) is 6.10. The maximum Gasteiger partial charge on any atom is 0.270 e. The van der Waals surface area contributed by atoms with Crippen LogP contribution in [0.15, 0.2) is 12.3 Å². The van der Waals surface area contributed by atoms with Gasteiger partial charge in [0.25, 0.3) is 5.91 Å². The van der Waals surface area contributed by atoms with E-state index >= 15 is 0 Å². The van der Waals surface area contributed by atoms with E-state index in [4.69, 9.17) is 4.74 Å². The van der Waals surface area contributed by atoms with Crippen LogP contribution in [0.1, 0.15) is 30.3 Å². The molecule has 144 valence electrons. The third-order valence-electron chi connectivity index (χ3n) is 5.44. The first-order chi connectivity index (χ1) is 12.4. The molecule has 0 atom stereocenters. The molecule has 8 heteroatoms. The topological polar surface area (TPSA) is 68.9 Å². The number of H-pyrrole nitrogens is 1. The lowest BCUT2D eigenvalue weighted by Gasteiger charge is -2.47. The van der Waals surface area contributed by atoms with E-state index in [0.29, 0.717) is 32.8 Å².